The minimum atomic E-state index is -0.966. The third-order valence-corrected chi connectivity index (χ3v) is 2.05. The van der Waals surface area contributed by atoms with Gasteiger partial charge in [0.1, 0.15) is 12.0 Å². The molecular weight excluding hydrogens is 210 g/mol. The predicted octanol–water partition coefficient (Wildman–Crippen LogP) is 1.49. The molecule has 0 bridgehead atoms. The number of rotatable bonds is 8. The van der Waals surface area contributed by atoms with E-state index in [4.69, 9.17) is 14.3 Å². The normalized spacial score (nSPS) is 10.6. The lowest BCUT2D eigenvalue weighted by molar-refractivity contribution is 0.0696. The fraction of sp³-hybridized carbons (Fsp3) is 0.545. The van der Waals surface area contributed by atoms with E-state index in [1.807, 2.05) is 6.92 Å². The van der Waals surface area contributed by atoms with Gasteiger partial charge in [-0.2, -0.15) is 0 Å². The van der Waals surface area contributed by atoms with Crippen LogP contribution in [-0.2, 0) is 11.3 Å². The van der Waals surface area contributed by atoms with Crippen molar-refractivity contribution in [3.63, 3.8) is 0 Å². The molecule has 0 aliphatic carbocycles. The molecule has 0 spiro atoms. The summed E-state index contributed by atoms with van der Waals surface area (Å²) < 4.78 is 10.3. The average molecular weight is 227 g/mol. The Kier molecular flexibility index (Phi) is 5.60. The molecule has 0 saturated carbocycles. The van der Waals surface area contributed by atoms with Gasteiger partial charge in [-0.15, -0.1) is 0 Å². The van der Waals surface area contributed by atoms with Crippen molar-refractivity contribution in [3.05, 3.63) is 23.7 Å². The number of carboxylic acids is 1. The summed E-state index contributed by atoms with van der Waals surface area (Å²) >= 11 is 0. The van der Waals surface area contributed by atoms with Gasteiger partial charge in [0.25, 0.3) is 0 Å². The molecule has 1 rings (SSSR count). The van der Waals surface area contributed by atoms with E-state index >= 15 is 0 Å². The topological polar surface area (TPSA) is 71.7 Å². The van der Waals surface area contributed by atoms with Crippen LogP contribution in [0.4, 0.5) is 0 Å². The average Bonchev–Trinajstić information content (AvgIpc) is 2.72. The third-order valence-electron chi connectivity index (χ3n) is 2.05. The lowest BCUT2D eigenvalue weighted by Crippen LogP contribution is -2.16. The summed E-state index contributed by atoms with van der Waals surface area (Å²) in [6, 6.07) is 1.53. The maximum atomic E-state index is 10.6. The van der Waals surface area contributed by atoms with Gasteiger partial charge < -0.3 is 19.6 Å². The van der Waals surface area contributed by atoms with Gasteiger partial charge in [-0.05, 0) is 26.0 Å². The van der Waals surface area contributed by atoms with Crippen molar-refractivity contribution >= 4 is 5.97 Å². The van der Waals surface area contributed by atoms with Crippen molar-refractivity contribution in [1.82, 2.24) is 5.32 Å². The smallest absolute Gasteiger partial charge is 0.338 e. The van der Waals surface area contributed by atoms with Crippen LogP contribution in [0.25, 0.3) is 0 Å². The van der Waals surface area contributed by atoms with Crippen LogP contribution in [0, 0.1) is 0 Å². The second-order valence-electron chi connectivity index (χ2n) is 3.33. The molecular formula is C11H17NO4. The molecule has 0 atom stereocenters. The molecule has 0 unspecified atom stereocenters. The first-order valence-corrected chi connectivity index (χ1v) is 5.33. The van der Waals surface area contributed by atoms with Crippen LogP contribution in [0.15, 0.2) is 16.7 Å². The zero-order chi connectivity index (χ0) is 11.8. The minimum absolute atomic E-state index is 0.186. The maximum Gasteiger partial charge on any atom is 0.338 e. The summed E-state index contributed by atoms with van der Waals surface area (Å²) in [5, 5.41) is 11.8. The molecule has 5 heteroatoms. The Morgan fingerprint density at radius 1 is 1.62 bits per heavy atom. The summed E-state index contributed by atoms with van der Waals surface area (Å²) in [5.41, 5.74) is 0.186. The molecule has 1 heterocycles. The zero-order valence-corrected chi connectivity index (χ0v) is 9.36. The van der Waals surface area contributed by atoms with Crippen LogP contribution in [0.3, 0.4) is 0 Å². The van der Waals surface area contributed by atoms with Gasteiger partial charge >= 0.3 is 5.97 Å². The third kappa shape index (κ3) is 4.46. The van der Waals surface area contributed by atoms with Gasteiger partial charge in [-0.3, -0.25) is 0 Å². The largest absolute Gasteiger partial charge is 0.478 e. The first-order chi connectivity index (χ1) is 7.74. The van der Waals surface area contributed by atoms with Crippen LogP contribution >= 0.6 is 0 Å². The van der Waals surface area contributed by atoms with Crippen molar-refractivity contribution in [1.29, 1.82) is 0 Å². The van der Waals surface area contributed by atoms with Crippen molar-refractivity contribution in [2.24, 2.45) is 0 Å². The Morgan fingerprint density at radius 3 is 3.06 bits per heavy atom. The Hall–Kier alpha value is -1.33. The van der Waals surface area contributed by atoms with Crippen molar-refractivity contribution in [3.8, 4) is 0 Å². The highest BCUT2D eigenvalue weighted by Crippen LogP contribution is 2.07. The number of furan rings is 1. The van der Waals surface area contributed by atoms with E-state index in [9.17, 15) is 4.79 Å². The van der Waals surface area contributed by atoms with Gasteiger partial charge in [0.15, 0.2) is 0 Å². The molecule has 0 fully saturated rings. The Labute approximate surface area is 94.4 Å². The highest BCUT2D eigenvalue weighted by molar-refractivity contribution is 5.87. The Balaban J connectivity index is 2.14. The van der Waals surface area contributed by atoms with E-state index in [1.165, 1.54) is 12.3 Å². The summed E-state index contributed by atoms with van der Waals surface area (Å²) in [6.07, 6.45) is 2.18. The van der Waals surface area contributed by atoms with Crippen molar-refractivity contribution in [2.75, 3.05) is 19.8 Å². The Morgan fingerprint density at radius 2 is 2.44 bits per heavy atom. The van der Waals surface area contributed by atoms with Gasteiger partial charge in [-0.1, -0.05) is 0 Å². The highest BCUT2D eigenvalue weighted by atomic mass is 16.5. The molecule has 5 nitrogen and oxygen atoms in total. The summed E-state index contributed by atoms with van der Waals surface area (Å²) in [5.74, 6) is -0.333. The number of aromatic carboxylic acids is 1. The van der Waals surface area contributed by atoms with E-state index in [2.05, 4.69) is 5.32 Å². The highest BCUT2D eigenvalue weighted by Gasteiger charge is 2.07. The SMILES string of the molecule is CCOCCCNCc1cc(C(=O)O)co1. The molecule has 1 aromatic rings. The monoisotopic (exact) mass is 227 g/mol. The van der Waals surface area contributed by atoms with E-state index in [0.717, 1.165) is 26.2 Å². The fourth-order valence-corrected chi connectivity index (χ4v) is 1.24. The zero-order valence-electron chi connectivity index (χ0n) is 9.36. The van der Waals surface area contributed by atoms with E-state index in [0.29, 0.717) is 12.3 Å². The number of ether oxygens (including phenoxy) is 1. The van der Waals surface area contributed by atoms with Gasteiger partial charge in [0, 0.05) is 13.2 Å². The molecule has 0 aliphatic heterocycles. The van der Waals surface area contributed by atoms with Crippen molar-refractivity contribution < 1.29 is 19.1 Å². The van der Waals surface area contributed by atoms with Crippen LogP contribution in [0.5, 0.6) is 0 Å². The standard InChI is InChI=1S/C11H17NO4/c1-2-15-5-3-4-12-7-10-6-9(8-16-10)11(13)14/h6,8,12H,2-5,7H2,1H3,(H,13,14). The number of hydrogen-bond donors (Lipinski definition) is 2. The first kappa shape index (κ1) is 12.7. The summed E-state index contributed by atoms with van der Waals surface area (Å²) in [6.45, 7) is 4.80. The quantitative estimate of drug-likeness (QED) is 0.658. The molecule has 0 aliphatic rings. The van der Waals surface area contributed by atoms with Gasteiger partial charge in [0.05, 0.1) is 12.1 Å². The van der Waals surface area contributed by atoms with Crippen LogP contribution < -0.4 is 5.32 Å². The summed E-state index contributed by atoms with van der Waals surface area (Å²) in [4.78, 5) is 10.6. The molecule has 1 aromatic heterocycles. The maximum absolute atomic E-state index is 10.6. The number of nitrogens with one attached hydrogen (secondary N) is 1. The van der Waals surface area contributed by atoms with Crippen LogP contribution in [-0.4, -0.2) is 30.8 Å². The predicted molar refractivity (Wildman–Crippen MR) is 58.5 cm³/mol. The van der Waals surface area contributed by atoms with Crippen LogP contribution in [0.2, 0.25) is 0 Å². The molecule has 16 heavy (non-hydrogen) atoms. The van der Waals surface area contributed by atoms with E-state index in [-0.39, 0.29) is 5.56 Å². The van der Waals surface area contributed by atoms with Gasteiger partial charge in [-0.25, -0.2) is 4.79 Å². The Bertz CT molecular complexity index is 322. The summed E-state index contributed by atoms with van der Waals surface area (Å²) in [7, 11) is 0. The van der Waals surface area contributed by atoms with E-state index < -0.39 is 5.97 Å². The lowest BCUT2D eigenvalue weighted by atomic mass is 10.3. The first-order valence-electron chi connectivity index (χ1n) is 5.33. The molecule has 0 radical (unpaired) electrons. The number of carboxylic acid groups (broad SMARTS) is 1. The number of hydrogen-bond acceptors (Lipinski definition) is 4. The van der Waals surface area contributed by atoms with Gasteiger partial charge in [0.2, 0.25) is 0 Å². The van der Waals surface area contributed by atoms with E-state index in [1.54, 1.807) is 0 Å². The molecule has 0 aromatic carbocycles. The lowest BCUT2D eigenvalue weighted by Gasteiger charge is -2.02. The fourth-order valence-electron chi connectivity index (χ4n) is 1.24. The molecule has 2 N–H and O–H groups in total. The molecule has 0 saturated heterocycles. The second-order valence-corrected chi connectivity index (χ2v) is 3.33. The second kappa shape index (κ2) is 7.03. The van der Waals surface area contributed by atoms with Crippen molar-refractivity contribution in [2.45, 2.75) is 19.9 Å². The number of carbonyl (C=O) groups is 1. The molecule has 0 amide bonds. The van der Waals surface area contributed by atoms with Crippen LogP contribution in [0.1, 0.15) is 29.5 Å². The minimum Gasteiger partial charge on any atom is -0.478 e. The molecule has 90 valence electrons.